The number of carbonyl (C=O) groups is 1. The zero-order chi connectivity index (χ0) is 24.6. The molecule has 2 aromatic carbocycles. The number of carbonyl (C=O) groups excluding carboxylic acids is 1. The topological polar surface area (TPSA) is 87.3 Å². The molecule has 1 aliphatic heterocycles. The zero-order valence-electron chi connectivity index (χ0n) is 20.2. The Labute approximate surface area is 210 Å². The lowest BCUT2D eigenvalue weighted by atomic mass is 10.1. The second kappa shape index (κ2) is 11.9. The lowest BCUT2D eigenvalue weighted by Crippen LogP contribution is -2.38. The number of hydrogen-bond donors (Lipinski definition) is 0. The maximum absolute atomic E-state index is 13.3. The molecule has 0 N–H and O–H groups in total. The first-order chi connectivity index (χ1) is 17.1. The monoisotopic (exact) mass is 490 g/mol. The number of morpholine rings is 1. The van der Waals surface area contributed by atoms with Crippen molar-refractivity contribution >= 4 is 29.3 Å². The summed E-state index contributed by atoms with van der Waals surface area (Å²) in [7, 11) is 0. The largest absolute Gasteiger partial charge is 0.378 e. The minimum Gasteiger partial charge on any atom is -0.378 e. The third-order valence-corrected chi connectivity index (χ3v) is 7.00. The molecule has 4 rings (SSSR count). The van der Waals surface area contributed by atoms with Crippen LogP contribution in [0.5, 0.6) is 0 Å². The van der Waals surface area contributed by atoms with E-state index < -0.39 is 0 Å². The summed E-state index contributed by atoms with van der Waals surface area (Å²) in [5.41, 5.74) is 4.23. The Morgan fingerprint density at radius 1 is 1.11 bits per heavy atom. The van der Waals surface area contributed by atoms with Crippen molar-refractivity contribution in [1.29, 1.82) is 5.26 Å². The van der Waals surface area contributed by atoms with Crippen LogP contribution < -0.4 is 9.80 Å². The van der Waals surface area contributed by atoms with E-state index in [1.165, 1.54) is 17.3 Å². The second-order valence-electron chi connectivity index (χ2n) is 8.46. The maximum atomic E-state index is 13.3. The average molecular weight is 491 g/mol. The second-order valence-corrected chi connectivity index (χ2v) is 9.41. The fourth-order valence-corrected chi connectivity index (χ4v) is 4.76. The van der Waals surface area contributed by atoms with Gasteiger partial charge in [0.15, 0.2) is 5.16 Å². The molecule has 1 aliphatic rings. The van der Waals surface area contributed by atoms with Gasteiger partial charge in [-0.3, -0.25) is 9.36 Å². The van der Waals surface area contributed by atoms with Crippen molar-refractivity contribution in [2.24, 2.45) is 0 Å². The maximum Gasteiger partial charge on any atom is 0.237 e. The molecule has 0 unspecified atom stereocenters. The van der Waals surface area contributed by atoms with Crippen molar-refractivity contribution in [3.8, 4) is 6.07 Å². The number of nitriles is 1. The quantitative estimate of drug-likeness (QED) is 0.422. The highest BCUT2D eigenvalue weighted by atomic mass is 32.2. The molecule has 0 spiro atoms. The fraction of sp³-hybridized carbons (Fsp3) is 0.385. The van der Waals surface area contributed by atoms with E-state index in [0.717, 1.165) is 35.9 Å². The van der Waals surface area contributed by atoms with Crippen molar-refractivity contribution in [1.82, 2.24) is 14.8 Å². The minimum absolute atomic E-state index is 0.0595. The van der Waals surface area contributed by atoms with Gasteiger partial charge in [-0.05, 0) is 42.7 Å². The van der Waals surface area contributed by atoms with Crippen LogP contribution in [0.1, 0.15) is 23.1 Å². The van der Waals surface area contributed by atoms with Gasteiger partial charge in [0, 0.05) is 25.3 Å². The number of thioether (sulfide) groups is 1. The SMILES string of the molecule is Cc1ccc(N(CCC#N)C(=O)CSc2nnc(N3CCOCC3)n2Cc2ccccc2)cc1C. The van der Waals surface area contributed by atoms with Gasteiger partial charge >= 0.3 is 0 Å². The first-order valence-corrected chi connectivity index (χ1v) is 12.7. The predicted molar refractivity (Wildman–Crippen MR) is 138 cm³/mol. The number of benzene rings is 2. The van der Waals surface area contributed by atoms with E-state index in [1.807, 2.05) is 50.2 Å². The summed E-state index contributed by atoms with van der Waals surface area (Å²) in [5.74, 6) is 0.937. The first kappa shape index (κ1) is 24.8. The Morgan fingerprint density at radius 3 is 2.60 bits per heavy atom. The van der Waals surface area contributed by atoms with Crippen LogP contribution >= 0.6 is 11.8 Å². The van der Waals surface area contributed by atoms with Gasteiger partial charge in [-0.2, -0.15) is 5.26 Å². The van der Waals surface area contributed by atoms with E-state index in [-0.39, 0.29) is 18.1 Å². The molecule has 1 saturated heterocycles. The zero-order valence-corrected chi connectivity index (χ0v) is 21.0. The molecule has 0 bridgehead atoms. The van der Waals surface area contributed by atoms with Crippen LogP contribution in [0, 0.1) is 25.2 Å². The van der Waals surface area contributed by atoms with Crippen LogP contribution in [0.25, 0.3) is 0 Å². The summed E-state index contributed by atoms with van der Waals surface area (Å²) in [6, 6.07) is 18.3. The number of aryl methyl sites for hydroxylation is 2. The summed E-state index contributed by atoms with van der Waals surface area (Å²) in [4.78, 5) is 17.2. The predicted octanol–water partition coefficient (Wildman–Crippen LogP) is 3.82. The molecule has 3 aromatic rings. The smallest absolute Gasteiger partial charge is 0.237 e. The summed E-state index contributed by atoms with van der Waals surface area (Å²) >= 11 is 1.38. The van der Waals surface area contributed by atoms with Crippen molar-refractivity contribution in [2.45, 2.75) is 32.0 Å². The van der Waals surface area contributed by atoms with Crippen LogP contribution in [-0.4, -0.2) is 59.3 Å². The van der Waals surface area contributed by atoms with Gasteiger partial charge in [0.2, 0.25) is 11.9 Å². The molecular weight excluding hydrogens is 460 g/mol. The Morgan fingerprint density at radius 2 is 1.89 bits per heavy atom. The molecule has 1 amide bonds. The van der Waals surface area contributed by atoms with Gasteiger partial charge in [-0.15, -0.1) is 10.2 Å². The average Bonchev–Trinajstić information content (AvgIpc) is 3.28. The standard InChI is InChI=1S/C26H30N6O2S/c1-20-9-10-23(17-21(20)2)31(12-6-11-27)24(33)19-35-26-29-28-25(30-13-15-34-16-14-30)32(26)18-22-7-4-3-5-8-22/h3-5,7-10,17H,6,12-16,18-19H2,1-2H3. The highest BCUT2D eigenvalue weighted by Gasteiger charge is 2.23. The first-order valence-electron chi connectivity index (χ1n) is 11.7. The Hall–Kier alpha value is -3.35. The third kappa shape index (κ3) is 6.21. The summed E-state index contributed by atoms with van der Waals surface area (Å²) < 4.78 is 7.58. The van der Waals surface area contributed by atoms with Crippen LogP contribution in [0.15, 0.2) is 53.7 Å². The van der Waals surface area contributed by atoms with Crippen LogP contribution in [0.2, 0.25) is 0 Å². The van der Waals surface area contributed by atoms with E-state index in [1.54, 1.807) is 4.90 Å². The lowest BCUT2D eigenvalue weighted by Gasteiger charge is -2.28. The number of amides is 1. The summed E-state index contributed by atoms with van der Waals surface area (Å²) in [6.45, 7) is 7.87. The number of hydrogen-bond acceptors (Lipinski definition) is 7. The number of ether oxygens (including phenoxy) is 1. The van der Waals surface area contributed by atoms with Crippen molar-refractivity contribution in [2.75, 3.05) is 48.4 Å². The van der Waals surface area contributed by atoms with Crippen molar-refractivity contribution in [3.63, 3.8) is 0 Å². The highest BCUT2D eigenvalue weighted by Crippen LogP contribution is 2.26. The molecule has 0 atom stereocenters. The fourth-order valence-electron chi connectivity index (χ4n) is 3.95. The molecule has 182 valence electrons. The molecule has 2 heterocycles. The lowest BCUT2D eigenvalue weighted by molar-refractivity contribution is -0.116. The molecule has 1 aromatic heterocycles. The molecule has 35 heavy (non-hydrogen) atoms. The Bertz CT molecular complexity index is 1180. The van der Waals surface area contributed by atoms with E-state index >= 15 is 0 Å². The molecule has 8 nitrogen and oxygen atoms in total. The van der Waals surface area contributed by atoms with Gasteiger partial charge < -0.3 is 14.5 Å². The molecule has 0 aliphatic carbocycles. The molecule has 0 radical (unpaired) electrons. The van der Waals surface area contributed by atoms with E-state index in [4.69, 9.17) is 10.00 Å². The van der Waals surface area contributed by atoms with E-state index in [9.17, 15) is 4.79 Å². The molecule has 1 fully saturated rings. The highest BCUT2D eigenvalue weighted by molar-refractivity contribution is 7.99. The van der Waals surface area contributed by atoms with Gasteiger partial charge in [0.25, 0.3) is 0 Å². The Kier molecular flexibility index (Phi) is 8.40. The van der Waals surface area contributed by atoms with Crippen LogP contribution in [0.4, 0.5) is 11.6 Å². The molecule has 0 saturated carbocycles. The summed E-state index contributed by atoms with van der Waals surface area (Å²) in [6.07, 6.45) is 0.273. The number of aromatic nitrogens is 3. The third-order valence-electron chi connectivity index (χ3n) is 6.05. The van der Waals surface area contributed by atoms with Crippen LogP contribution in [-0.2, 0) is 16.1 Å². The normalized spacial score (nSPS) is 13.5. The van der Waals surface area contributed by atoms with Gasteiger partial charge in [-0.25, -0.2) is 0 Å². The molecule has 9 heteroatoms. The van der Waals surface area contributed by atoms with Crippen LogP contribution in [0.3, 0.4) is 0 Å². The number of anilines is 2. The van der Waals surface area contributed by atoms with Gasteiger partial charge in [-0.1, -0.05) is 48.2 Å². The Balaban J connectivity index is 1.55. The van der Waals surface area contributed by atoms with Crippen molar-refractivity contribution in [3.05, 3.63) is 65.2 Å². The molecular formula is C26H30N6O2S. The van der Waals surface area contributed by atoms with E-state index in [0.29, 0.717) is 31.5 Å². The number of nitrogens with zero attached hydrogens (tertiary/aromatic N) is 6. The summed E-state index contributed by atoms with van der Waals surface area (Å²) in [5, 5.41) is 18.8. The minimum atomic E-state index is -0.0595. The van der Waals surface area contributed by atoms with Gasteiger partial charge in [0.05, 0.1) is 38.0 Å². The van der Waals surface area contributed by atoms with Gasteiger partial charge in [0.1, 0.15) is 0 Å². The van der Waals surface area contributed by atoms with Crippen molar-refractivity contribution < 1.29 is 9.53 Å². The number of rotatable bonds is 9. The van der Waals surface area contributed by atoms with E-state index in [2.05, 4.69) is 37.9 Å².